The predicted molar refractivity (Wildman–Crippen MR) is 113 cm³/mol. The Labute approximate surface area is 171 Å². The number of unbranched alkanes of at least 4 members (excludes halogenated alkanes) is 1. The maximum Gasteiger partial charge on any atom is 0.306 e. The minimum Gasteiger partial charge on any atom is -0.505 e. The van der Waals surface area contributed by atoms with Crippen LogP contribution in [0.3, 0.4) is 0 Å². The summed E-state index contributed by atoms with van der Waals surface area (Å²) in [6.45, 7) is 8.66. The first-order valence-electron chi connectivity index (χ1n) is 10.1. The first-order chi connectivity index (χ1) is 13.8. The summed E-state index contributed by atoms with van der Waals surface area (Å²) in [5.41, 5.74) is 3.50. The molecule has 0 saturated heterocycles. The molecule has 2 aromatic carbocycles. The van der Waals surface area contributed by atoms with E-state index in [1.165, 1.54) is 4.80 Å². The SMILES string of the molecule is CCCCOC(=O)CCc1cc(-n2nc3ccccc3n2)c(O)c(C(C)(C)C)c1. The topological polar surface area (TPSA) is 77.2 Å². The maximum atomic E-state index is 12.0. The highest BCUT2D eigenvalue weighted by molar-refractivity contribution is 5.74. The number of phenolic OH excluding ortho intramolecular Hbond substituents is 1. The summed E-state index contributed by atoms with van der Waals surface area (Å²) in [5.74, 6) is -0.0413. The number of nitrogens with zero attached hydrogens (tertiary/aromatic N) is 3. The number of esters is 1. The Bertz CT molecular complexity index is 969. The van der Waals surface area contributed by atoms with E-state index in [1.807, 2.05) is 57.2 Å². The zero-order valence-corrected chi connectivity index (χ0v) is 17.6. The van der Waals surface area contributed by atoms with Crippen molar-refractivity contribution in [3.63, 3.8) is 0 Å². The van der Waals surface area contributed by atoms with Crippen molar-refractivity contribution in [3.05, 3.63) is 47.5 Å². The third kappa shape index (κ3) is 4.94. The molecule has 1 N–H and O–H groups in total. The van der Waals surface area contributed by atoms with Gasteiger partial charge in [-0.2, -0.15) is 0 Å². The summed E-state index contributed by atoms with van der Waals surface area (Å²) < 4.78 is 5.26. The molecular formula is C23H29N3O3. The molecule has 0 atom stereocenters. The third-order valence-corrected chi connectivity index (χ3v) is 4.84. The van der Waals surface area contributed by atoms with Gasteiger partial charge in [-0.15, -0.1) is 15.0 Å². The van der Waals surface area contributed by atoms with E-state index >= 15 is 0 Å². The normalized spacial score (nSPS) is 11.7. The van der Waals surface area contributed by atoms with Crippen molar-refractivity contribution < 1.29 is 14.6 Å². The van der Waals surface area contributed by atoms with Crippen molar-refractivity contribution in [1.29, 1.82) is 0 Å². The van der Waals surface area contributed by atoms with E-state index in [-0.39, 0.29) is 17.1 Å². The largest absolute Gasteiger partial charge is 0.505 e. The lowest BCUT2D eigenvalue weighted by atomic mass is 9.84. The van der Waals surface area contributed by atoms with Gasteiger partial charge in [0.2, 0.25) is 0 Å². The second-order valence-electron chi connectivity index (χ2n) is 8.31. The average Bonchev–Trinajstić information content (AvgIpc) is 3.10. The molecule has 0 saturated carbocycles. The Hall–Kier alpha value is -2.89. The summed E-state index contributed by atoms with van der Waals surface area (Å²) >= 11 is 0. The van der Waals surface area contributed by atoms with E-state index in [0.29, 0.717) is 25.1 Å². The van der Waals surface area contributed by atoms with Gasteiger partial charge in [-0.05, 0) is 42.0 Å². The van der Waals surface area contributed by atoms with Gasteiger partial charge in [0.25, 0.3) is 0 Å². The molecule has 29 heavy (non-hydrogen) atoms. The summed E-state index contributed by atoms with van der Waals surface area (Å²) in [4.78, 5) is 13.5. The monoisotopic (exact) mass is 395 g/mol. The van der Waals surface area contributed by atoms with Crippen LogP contribution in [-0.2, 0) is 21.4 Å². The molecule has 3 aromatic rings. The molecule has 1 aromatic heterocycles. The van der Waals surface area contributed by atoms with Gasteiger partial charge in [-0.25, -0.2) is 0 Å². The molecule has 3 rings (SSSR count). The van der Waals surface area contributed by atoms with Crippen molar-refractivity contribution in [2.45, 2.75) is 58.8 Å². The zero-order valence-electron chi connectivity index (χ0n) is 17.6. The van der Waals surface area contributed by atoms with Crippen LogP contribution in [-0.4, -0.2) is 32.7 Å². The molecular weight excluding hydrogens is 366 g/mol. The number of fused-ring (bicyclic) bond motifs is 1. The molecule has 6 heteroatoms. The van der Waals surface area contributed by atoms with Crippen molar-refractivity contribution in [3.8, 4) is 11.4 Å². The standard InChI is InChI=1S/C23H29N3O3/c1-5-6-13-29-21(27)12-11-16-14-17(23(2,3)4)22(28)20(15-16)26-24-18-9-7-8-10-19(18)25-26/h7-10,14-15,28H,5-6,11-13H2,1-4H3. The quantitative estimate of drug-likeness (QED) is 0.463. The number of aryl methyl sites for hydroxylation is 1. The number of rotatable bonds is 7. The number of hydrogen-bond donors (Lipinski definition) is 1. The molecule has 0 radical (unpaired) electrons. The summed E-state index contributed by atoms with van der Waals surface area (Å²) in [6, 6.07) is 11.4. The molecule has 0 unspecified atom stereocenters. The lowest BCUT2D eigenvalue weighted by molar-refractivity contribution is -0.143. The fourth-order valence-electron chi connectivity index (χ4n) is 3.16. The number of ether oxygens (including phenoxy) is 1. The molecule has 0 fully saturated rings. The zero-order chi connectivity index (χ0) is 21.0. The van der Waals surface area contributed by atoms with Crippen molar-refractivity contribution in [2.75, 3.05) is 6.61 Å². The van der Waals surface area contributed by atoms with Crippen molar-refractivity contribution in [1.82, 2.24) is 15.0 Å². The van der Waals surface area contributed by atoms with Crippen LogP contribution in [0, 0.1) is 0 Å². The Balaban J connectivity index is 1.93. The smallest absolute Gasteiger partial charge is 0.306 e. The van der Waals surface area contributed by atoms with Crippen LogP contribution in [0.25, 0.3) is 16.7 Å². The van der Waals surface area contributed by atoms with Gasteiger partial charge in [0.15, 0.2) is 0 Å². The van der Waals surface area contributed by atoms with E-state index in [0.717, 1.165) is 35.0 Å². The molecule has 0 spiro atoms. The van der Waals surface area contributed by atoms with Gasteiger partial charge < -0.3 is 9.84 Å². The summed E-state index contributed by atoms with van der Waals surface area (Å²) in [7, 11) is 0. The lowest BCUT2D eigenvalue weighted by Crippen LogP contribution is -2.14. The fourth-order valence-corrected chi connectivity index (χ4v) is 3.16. The fraction of sp³-hybridized carbons (Fsp3) is 0.435. The second-order valence-corrected chi connectivity index (χ2v) is 8.31. The van der Waals surface area contributed by atoms with Gasteiger partial charge in [0.05, 0.1) is 6.61 Å². The first kappa shape index (κ1) is 20.8. The molecule has 154 valence electrons. The number of aromatic nitrogens is 3. The van der Waals surface area contributed by atoms with Crippen LogP contribution in [0.2, 0.25) is 0 Å². The molecule has 6 nitrogen and oxygen atoms in total. The highest BCUT2D eigenvalue weighted by atomic mass is 16.5. The van der Waals surface area contributed by atoms with Gasteiger partial charge in [0, 0.05) is 12.0 Å². The van der Waals surface area contributed by atoms with E-state index in [9.17, 15) is 9.90 Å². The Morgan fingerprint density at radius 3 is 2.38 bits per heavy atom. The van der Waals surface area contributed by atoms with Crippen LogP contribution >= 0.6 is 0 Å². The third-order valence-electron chi connectivity index (χ3n) is 4.84. The van der Waals surface area contributed by atoms with Crippen molar-refractivity contribution in [2.24, 2.45) is 0 Å². The molecule has 0 amide bonds. The number of benzene rings is 2. The van der Waals surface area contributed by atoms with Crippen LogP contribution in [0.4, 0.5) is 0 Å². The maximum absolute atomic E-state index is 12.0. The van der Waals surface area contributed by atoms with Crippen LogP contribution < -0.4 is 0 Å². The lowest BCUT2D eigenvalue weighted by Gasteiger charge is -2.23. The highest BCUT2D eigenvalue weighted by Gasteiger charge is 2.23. The van der Waals surface area contributed by atoms with Crippen LogP contribution in [0.5, 0.6) is 5.75 Å². The van der Waals surface area contributed by atoms with E-state index < -0.39 is 0 Å². The average molecular weight is 396 g/mol. The molecule has 0 aliphatic rings. The number of aromatic hydroxyl groups is 1. The predicted octanol–water partition coefficient (Wildman–Crippen LogP) is 4.70. The number of carbonyl (C=O) groups excluding carboxylic acids is 1. The van der Waals surface area contributed by atoms with E-state index in [1.54, 1.807) is 0 Å². The molecule has 0 aliphatic carbocycles. The first-order valence-corrected chi connectivity index (χ1v) is 10.1. The highest BCUT2D eigenvalue weighted by Crippen LogP contribution is 2.36. The number of phenols is 1. The second kappa shape index (κ2) is 8.64. The molecule has 1 heterocycles. The van der Waals surface area contributed by atoms with Crippen LogP contribution in [0.1, 0.15) is 58.1 Å². The minimum atomic E-state index is -0.275. The van der Waals surface area contributed by atoms with Gasteiger partial charge in [-0.3, -0.25) is 4.79 Å². The number of carbonyl (C=O) groups is 1. The van der Waals surface area contributed by atoms with Crippen LogP contribution in [0.15, 0.2) is 36.4 Å². The number of hydrogen-bond acceptors (Lipinski definition) is 5. The van der Waals surface area contributed by atoms with E-state index in [4.69, 9.17) is 4.74 Å². The van der Waals surface area contributed by atoms with E-state index in [2.05, 4.69) is 17.1 Å². The van der Waals surface area contributed by atoms with Gasteiger partial charge in [0.1, 0.15) is 22.5 Å². The Morgan fingerprint density at radius 2 is 1.79 bits per heavy atom. The molecule has 0 bridgehead atoms. The minimum absolute atomic E-state index is 0.159. The Morgan fingerprint density at radius 1 is 1.14 bits per heavy atom. The van der Waals surface area contributed by atoms with Gasteiger partial charge >= 0.3 is 5.97 Å². The van der Waals surface area contributed by atoms with Gasteiger partial charge in [-0.1, -0.05) is 52.3 Å². The summed E-state index contributed by atoms with van der Waals surface area (Å²) in [5, 5.41) is 20.0. The summed E-state index contributed by atoms with van der Waals surface area (Å²) in [6.07, 6.45) is 2.70. The molecule has 0 aliphatic heterocycles. The van der Waals surface area contributed by atoms with Crippen molar-refractivity contribution >= 4 is 17.0 Å². The Kier molecular flexibility index (Phi) is 6.20.